The van der Waals surface area contributed by atoms with E-state index in [0.717, 1.165) is 24.7 Å². The molecule has 110 valence electrons. The Labute approximate surface area is 131 Å². The molecule has 2 aliphatic heterocycles. The number of benzene rings is 1. The third-order valence-electron chi connectivity index (χ3n) is 5.11. The second-order valence-electron chi connectivity index (χ2n) is 6.32. The van der Waals surface area contributed by atoms with Crippen molar-refractivity contribution in [3.63, 3.8) is 0 Å². The van der Waals surface area contributed by atoms with Crippen molar-refractivity contribution in [1.82, 2.24) is 10.2 Å². The summed E-state index contributed by atoms with van der Waals surface area (Å²) < 4.78 is 1.18. The van der Waals surface area contributed by atoms with E-state index in [1.54, 1.807) is 0 Å². The lowest BCUT2D eigenvalue weighted by Crippen LogP contribution is -2.48. The number of rotatable bonds is 4. The van der Waals surface area contributed by atoms with Crippen molar-refractivity contribution in [1.29, 1.82) is 0 Å². The molecular weight excluding hydrogens is 312 g/mol. The normalized spacial score (nSPS) is 30.7. The zero-order chi connectivity index (χ0) is 14.1. The SMILES string of the molecule is CCN(C1CC2CCC(C1)N2)C(C)c1cccc(Br)c1. The summed E-state index contributed by atoms with van der Waals surface area (Å²) in [5, 5.41) is 3.75. The first kappa shape index (κ1) is 14.6. The van der Waals surface area contributed by atoms with Crippen LogP contribution in [0.1, 0.15) is 51.1 Å². The van der Waals surface area contributed by atoms with Crippen LogP contribution in [-0.4, -0.2) is 29.6 Å². The smallest absolute Gasteiger partial charge is 0.0323 e. The fraction of sp³-hybridized carbons (Fsp3) is 0.647. The molecule has 0 spiro atoms. The molecule has 1 aromatic carbocycles. The molecule has 3 rings (SSSR count). The van der Waals surface area contributed by atoms with Gasteiger partial charge in [-0.1, -0.05) is 35.0 Å². The zero-order valence-corrected chi connectivity index (χ0v) is 14.1. The Morgan fingerprint density at radius 1 is 1.30 bits per heavy atom. The topological polar surface area (TPSA) is 15.3 Å². The Morgan fingerprint density at radius 3 is 2.60 bits per heavy atom. The maximum atomic E-state index is 3.75. The number of halogens is 1. The van der Waals surface area contributed by atoms with Crippen molar-refractivity contribution in [3.05, 3.63) is 34.3 Å². The average molecular weight is 337 g/mol. The van der Waals surface area contributed by atoms with E-state index >= 15 is 0 Å². The first-order chi connectivity index (χ1) is 9.67. The minimum absolute atomic E-state index is 0.500. The highest BCUT2D eigenvalue weighted by molar-refractivity contribution is 9.10. The van der Waals surface area contributed by atoms with E-state index in [-0.39, 0.29) is 0 Å². The van der Waals surface area contributed by atoms with E-state index in [4.69, 9.17) is 0 Å². The van der Waals surface area contributed by atoms with Gasteiger partial charge in [-0.2, -0.15) is 0 Å². The average Bonchev–Trinajstić information content (AvgIpc) is 2.78. The summed E-state index contributed by atoms with van der Waals surface area (Å²) >= 11 is 3.60. The molecule has 0 saturated carbocycles. The van der Waals surface area contributed by atoms with Gasteiger partial charge in [0.2, 0.25) is 0 Å². The molecule has 2 aliphatic rings. The lowest BCUT2D eigenvalue weighted by atomic mass is 9.95. The van der Waals surface area contributed by atoms with E-state index < -0.39 is 0 Å². The summed E-state index contributed by atoms with van der Waals surface area (Å²) in [6, 6.07) is 11.6. The molecule has 20 heavy (non-hydrogen) atoms. The molecule has 2 bridgehead atoms. The van der Waals surface area contributed by atoms with Gasteiger partial charge < -0.3 is 5.32 Å². The summed E-state index contributed by atoms with van der Waals surface area (Å²) in [5.74, 6) is 0. The van der Waals surface area contributed by atoms with Gasteiger partial charge in [-0.25, -0.2) is 0 Å². The highest BCUT2D eigenvalue weighted by Gasteiger charge is 2.36. The van der Waals surface area contributed by atoms with Crippen LogP contribution in [0.3, 0.4) is 0 Å². The summed E-state index contributed by atoms with van der Waals surface area (Å²) in [6.45, 7) is 5.80. The first-order valence-electron chi connectivity index (χ1n) is 7.94. The Kier molecular flexibility index (Phi) is 4.49. The third kappa shape index (κ3) is 2.95. The van der Waals surface area contributed by atoms with Gasteiger partial charge in [0.05, 0.1) is 0 Å². The van der Waals surface area contributed by atoms with Crippen molar-refractivity contribution in [2.45, 2.75) is 63.7 Å². The monoisotopic (exact) mass is 336 g/mol. The van der Waals surface area contributed by atoms with Crippen molar-refractivity contribution in [2.75, 3.05) is 6.54 Å². The van der Waals surface area contributed by atoms with E-state index in [2.05, 4.69) is 64.3 Å². The van der Waals surface area contributed by atoms with E-state index in [0.29, 0.717) is 6.04 Å². The van der Waals surface area contributed by atoms with Crippen LogP contribution in [0, 0.1) is 0 Å². The van der Waals surface area contributed by atoms with Gasteiger partial charge in [0.25, 0.3) is 0 Å². The molecule has 0 radical (unpaired) electrons. The van der Waals surface area contributed by atoms with Gasteiger partial charge in [0.15, 0.2) is 0 Å². The van der Waals surface area contributed by atoms with E-state index in [1.807, 2.05) is 0 Å². The van der Waals surface area contributed by atoms with Gasteiger partial charge in [0, 0.05) is 28.6 Å². The molecule has 1 aromatic rings. The fourth-order valence-corrected chi connectivity index (χ4v) is 4.52. The molecule has 2 saturated heterocycles. The summed E-state index contributed by atoms with van der Waals surface area (Å²) in [5.41, 5.74) is 1.42. The van der Waals surface area contributed by atoms with Crippen LogP contribution in [0.15, 0.2) is 28.7 Å². The highest BCUT2D eigenvalue weighted by atomic mass is 79.9. The summed E-state index contributed by atoms with van der Waals surface area (Å²) in [6.07, 6.45) is 5.40. The second-order valence-corrected chi connectivity index (χ2v) is 7.24. The second kappa shape index (κ2) is 6.17. The van der Waals surface area contributed by atoms with Gasteiger partial charge >= 0.3 is 0 Å². The molecule has 3 unspecified atom stereocenters. The standard InChI is InChI=1S/C17H25BrN2/c1-3-20(12(2)13-5-4-6-14(18)9-13)17-10-15-7-8-16(11-17)19-15/h4-6,9,12,15-17,19H,3,7-8,10-11H2,1-2H3. The number of nitrogens with one attached hydrogen (secondary N) is 1. The third-order valence-corrected chi connectivity index (χ3v) is 5.60. The Balaban J connectivity index is 1.75. The number of fused-ring (bicyclic) bond motifs is 2. The summed E-state index contributed by atoms with van der Waals surface area (Å²) in [7, 11) is 0. The van der Waals surface area contributed by atoms with Crippen molar-refractivity contribution in [3.8, 4) is 0 Å². The first-order valence-corrected chi connectivity index (χ1v) is 8.74. The molecule has 3 atom stereocenters. The van der Waals surface area contributed by atoms with Crippen LogP contribution in [-0.2, 0) is 0 Å². The molecular formula is C17H25BrN2. The van der Waals surface area contributed by atoms with Gasteiger partial charge in [-0.15, -0.1) is 0 Å². The molecule has 3 heteroatoms. The van der Waals surface area contributed by atoms with Crippen molar-refractivity contribution < 1.29 is 0 Å². The molecule has 1 N–H and O–H groups in total. The van der Waals surface area contributed by atoms with Crippen LogP contribution in [0.2, 0.25) is 0 Å². The zero-order valence-electron chi connectivity index (χ0n) is 12.5. The van der Waals surface area contributed by atoms with Crippen LogP contribution in [0.5, 0.6) is 0 Å². The molecule has 2 nitrogen and oxygen atoms in total. The predicted molar refractivity (Wildman–Crippen MR) is 87.9 cm³/mol. The predicted octanol–water partition coefficient (Wildman–Crippen LogP) is 4.12. The number of hydrogen-bond acceptors (Lipinski definition) is 2. The molecule has 0 aliphatic carbocycles. The Bertz CT molecular complexity index is 450. The van der Waals surface area contributed by atoms with Gasteiger partial charge in [0.1, 0.15) is 0 Å². The highest BCUT2D eigenvalue weighted by Crippen LogP contribution is 2.34. The lowest BCUT2D eigenvalue weighted by Gasteiger charge is -2.40. The summed E-state index contributed by atoms with van der Waals surface area (Å²) in [4.78, 5) is 2.70. The van der Waals surface area contributed by atoms with Crippen LogP contribution < -0.4 is 5.32 Å². The molecule has 0 aromatic heterocycles. The largest absolute Gasteiger partial charge is 0.311 e. The van der Waals surface area contributed by atoms with Gasteiger partial charge in [-0.3, -0.25) is 4.90 Å². The Morgan fingerprint density at radius 2 is 2.00 bits per heavy atom. The van der Waals surface area contributed by atoms with E-state index in [9.17, 15) is 0 Å². The van der Waals surface area contributed by atoms with Crippen LogP contribution >= 0.6 is 15.9 Å². The number of hydrogen-bond donors (Lipinski definition) is 1. The van der Waals surface area contributed by atoms with Crippen molar-refractivity contribution in [2.24, 2.45) is 0 Å². The maximum absolute atomic E-state index is 3.75. The van der Waals surface area contributed by atoms with Crippen LogP contribution in [0.4, 0.5) is 0 Å². The lowest BCUT2D eigenvalue weighted by molar-refractivity contribution is 0.108. The van der Waals surface area contributed by atoms with Crippen molar-refractivity contribution >= 4 is 15.9 Å². The number of nitrogens with zero attached hydrogens (tertiary/aromatic N) is 1. The van der Waals surface area contributed by atoms with Crippen LogP contribution in [0.25, 0.3) is 0 Å². The minimum Gasteiger partial charge on any atom is -0.311 e. The van der Waals surface area contributed by atoms with E-state index in [1.165, 1.54) is 35.7 Å². The number of piperidine rings is 1. The fourth-order valence-electron chi connectivity index (χ4n) is 4.10. The maximum Gasteiger partial charge on any atom is 0.0323 e. The molecule has 0 amide bonds. The quantitative estimate of drug-likeness (QED) is 0.889. The minimum atomic E-state index is 0.500. The molecule has 2 fully saturated rings. The Hall–Kier alpha value is -0.380. The molecule has 2 heterocycles. The van der Waals surface area contributed by atoms with Gasteiger partial charge in [-0.05, 0) is 56.8 Å².